The second-order valence-electron chi connectivity index (χ2n) is 3.97. The summed E-state index contributed by atoms with van der Waals surface area (Å²) in [6, 6.07) is 1.17. The molecule has 2 unspecified atom stereocenters. The smallest absolute Gasteiger partial charge is 0.328 e. The van der Waals surface area contributed by atoms with Crippen molar-refractivity contribution in [1.82, 2.24) is 9.55 Å². The molecule has 0 amide bonds. The maximum Gasteiger partial charge on any atom is 0.328 e. The monoisotopic (exact) mass is 210 g/mol. The first-order valence-corrected chi connectivity index (χ1v) is 5.17. The summed E-state index contributed by atoms with van der Waals surface area (Å²) in [4.78, 5) is 25.5. The summed E-state index contributed by atoms with van der Waals surface area (Å²) in [6.45, 7) is 0. The molecule has 15 heavy (non-hydrogen) atoms. The topological polar surface area (TPSA) is 75.1 Å². The van der Waals surface area contributed by atoms with Crippen LogP contribution in [0.4, 0.5) is 0 Å². The van der Waals surface area contributed by atoms with Gasteiger partial charge in [0.1, 0.15) is 0 Å². The van der Waals surface area contributed by atoms with E-state index in [1.54, 1.807) is 0 Å². The van der Waals surface area contributed by atoms with Crippen LogP contribution in [0.25, 0.3) is 0 Å². The lowest BCUT2D eigenvalue weighted by molar-refractivity contribution is 0.101. The molecule has 1 heterocycles. The van der Waals surface area contributed by atoms with E-state index in [1.807, 2.05) is 0 Å². The third-order valence-corrected chi connectivity index (χ3v) is 2.87. The normalized spacial score (nSPS) is 26.5. The van der Waals surface area contributed by atoms with Gasteiger partial charge in [0.2, 0.25) is 0 Å². The molecule has 1 fully saturated rings. The van der Waals surface area contributed by atoms with Crippen LogP contribution in [0.5, 0.6) is 0 Å². The molecule has 1 aliphatic carbocycles. The minimum Gasteiger partial charge on any atom is -0.393 e. The Morgan fingerprint density at radius 3 is 2.87 bits per heavy atom. The molecule has 5 heteroatoms. The SMILES string of the molecule is O=c1cc[nH]c(=O)n1C1CCCC(O)C1. The minimum atomic E-state index is -0.393. The number of rotatable bonds is 1. The Labute approximate surface area is 86.4 Å². The molecule has 82 valence electrons. The molecule has 1 aromatic heterocycles. The van der Waals surface area contributed by atoms with Crippen molar-refractivity contribution in [1.29, 1.82) is 0 Å². The van der Waals surface area contributed by atoms with E-state index in [9.17, 15) is 14.7 Å². The first kappa shape index (κ1) is 10.2. The highest BCUT2D eigenvalue weighted by atomic mass is 16.3. The summed E-state index contributed by atoms with van der Waals surface area (Å²) in [5.74, 6) is 0. The molecule has 1 aliphatic rings. The molecule has 0 saturated heterocycles. The lowest BCUT2D eigenvalue weighted by Crippen LogP contribution is -2.39. The van der Waals surface area contributed by atoms with E-state index in [-0.39, 0.29) is 17.3 Å². The Hall–Kier alpha value is -1.36. The fourth-order valence-corrected chi connectivity index (χ4v) is 2.15. The molecule has 2 N–H and O–H groups in total. The van der Waals surface area contributed by atoms with Crippen molar-refractivity contribution in [3.05, 3.63) is 33.1 Å². The molecule has 0 aliphatic heterocycles. The number of hydrogen-bond acceptors (Lipinski definition) is 3. The van der Waals surface area contributed by atoms with Crippen molar-refractivity contribution in [2.24, 2.45) is 0 Å². The van der Waals surface area contributed by atoms with Crippen LogP contribution >= 0.6 is 0 Å². The van der Waals surface area contributed by atoms with Gasteiger partial charge in [-0.25, -0.2) is 4.79 Å². The lowest BCUT2D eigenvalue weighted by Gasteiger charge is -2.26. The third kappa shape index (κ3) is 2.02. The summed E-state index contributed by atoms with van der Waals surface area (Å²) in [5.41, 5.74) is -0.681. The van der Waals surface area contributed by atoms with Gasteiger partial charge in [0.25, 0.3) is 5.56 Å². The van der Waals surface area contributed by atoms with Crippen LogP contribution in [-0.4, -0.2) is 20.8 Å². The highest BCUT2D eigenvalue weighted by Gasteiger charge is 2.23. The van der Waals surface area contributed by atoms with E-state index in [2.05, 4.69) is 4.98 Å². The summed E-state index contributed by atoms with van der Waals surface area (Å²) in [7, 11) is 0. The second-order valence-corrected chi connectivity index (χ2v) is 3.97. The van der Waals surface area contributed by atoms with Crippen molar-refractivity contribution in [2.45, 2.75) is 37.8 Å². The molecule has 2 rings (SSSR count). The molecular weight excluding hydrogens is 196 g/mol. The lowest BCUT2D eigenvalue weighted by atomic mass is 9.93. The van der Waals surface area contributed by atoms with Gasteiger partial charge in [0, 0.05) is 18.3 Å². The number of aromatic amines is 1. The van der Waals surface area contributed by atoms with Crippen LogP contribution in [-0.2, 0) is 0 Å². The van der Waals surface area contributed by atoms with Crippen LogP contribution < -0.4 is 11.2 Å². The summed E-state index contributed by atoms with van der Waals surface area (Å²) in [5, 5.41) is 9.50. The van der Waals surface area contributed by atoms with Gasteiger partial charge in [-0.15, -0.1) is 0 Å². The Kier molecular flexibility index (Phi) is 2.73. The van der Waals surface area contributed by atoms with Crippen LogP contribution in [0.15, 0.2) is 21.9 Å². The molecule has 1 aromatic rings. The fraction of sp³-hybridized carbons (Fsp3) is 0.600. The Balaban J connectivity index is 2.36. The fourth-order valence-electron chi connectivity index (χ4n) is 2.15. The van der Waals surface area contributed by atoms with Gasteiger partial charge in [-0.2, -0.15) is 0 Å². The van der Waals surface area contributed by atoms with E-state index < -0.39 is 6.10 Å². The van der Waals surface area contributed by atoms with Gasteiger partial charge >= 0.3 is 5.69 Å². The number of hydrogen-bond donors (Lipinski definition) is 2. The van der Waals surface area contributed by atoms with Crippen LogP contribution in [0.1, 0.15) is 31.7 Å². The molecule has 1 saturated carbocycles. The van der Waals surface area contributed by atoms with E-state index in [1.165, 1.54) is 16.8 Å². The highest BCUT2D eigenvalue weighted by molar-refractivity contribution is 4.88. The van der Waals surface area contributed by atoms with Crippen LogP contribution in [0, 0.1) is 0 Å². The molecule has 0 aromatic carbocycles. The zero-order valence-electron chi connectivity index (χ0n) is 8.35. The van der Waals surface area contributed by atoms with Crippen molar-refractivity contribution in [3.8, 4) is 0 Å². The van der Waals surface area contributed by atoms with E-state index in [0.29, 0.717) is 6.42 Å². The molecule has 0 spiro atoms. The first-order chi connectivity index (χ1) is 7.18. The highest BCUT2D eigenvalue weighted by Crippen LogP contribution is 2.26. The van der Waals surface area contributed by atoms with Crippen molar-refractivity contribution >= 4 is 0 Å². The second kappa shape index (κ2) is 4.02. The predicted octanol–water partition coefficient (Wildman–Crippen LogP) is 0.0126. The zero-order valence-corrected chi connectivity index (χ0v) is 8.35. The van der Waals surface area contributed by atoms with Gasteiger partial charge in [0.05, 0.1) is 6.10 Å². The van der Waals surface area contributed by atoms with Gasteiger partial charge < -0.3 is 10.1 Å². The largest absolute Gasteiger partial charge is 0.393 e. The molecular formula is C10H14N2O3. The van der Waals surface area contributed by atoms with E-state index in [4.69, 9.17) is 0 Å². The van der Waals surface area contributed by atoms with Crippen molar-refractivity contribution < 1.29 is 5.11 Å². The van der Waals surface area contributed by atoms with E-state index >= 15 is 0 Å². The third-order valence-electron chi connectivity index (χ3n) is 2.87. The van der Waals surface area contributed by atoms with E-state index in [0.717, 1.165) is 19.3 Å². The average Bonchev–Trinajstić information content (AvgIpc) is 2.17. The van der Waals surface area contributed by atoms with Gasteiger partial charge in [-0.05, 0) is 25.7 Å². The van der Waals surface area contributed by atoms with Crippen LogP contribution in [0.2, 0.25) is 0 Å². The maximum atomic E-state index is 11.5. The molecule has 5 nitrogen and oxygen atoms in total. The number of aliphatic hydroxyl groups excluding tert-OH is 1. The molecule has 2 atom stereocenters. The number of H-pyrrole nitrogens is 1. The Morgan fingerprint density at radius 2 is 2.20 bits per heavy atom. The Morgan fingerprint density at radius 1 is 1.40 bits per heavy atom. The van der Waals surface area contributed by atoms with Gasteiger partial charge in [0.15, 0.2) is 0 Å². The zero-order chi connectivity index (χ0) is 10.8. The number of aromatic nitrogens is 2. The summed E-state index contributed by atoms with van der Waals surface area (Å²) in [6.07, 6.45) is 3.84. The van der Waals surface area contributed by atoms with Gasteiger partial charge in [-0.3, -0.25) is 9.36 Å². The number of nitrogens with zero attached hydrogens (tertiary/aromatic N) is 1. The maximum absolute atomic E-state index is 11.5. The minimum absolute atomic E-state index is 0.161. The van der Waals surface area contributed by atoms with Crippen LogP contribution in [0.3, 0.4) is 0 Å². The quantitative estimate of drug-likeness (QED) is 0.685. The van der Waals surface area contributed by atoms with Gasteiger partial charge in [-0.1, -0.05) is 0 Å². The standard InChI is InChI=1S/C10H14N2O3/c13-8-3-1-2-7(6-8)12-9(14)4-5-11-10(12)15/h4-5,7-8,13H,1-3,6H2,(H,11,15). The Bertz CT molecular complexity index is 420. The average molecular weight is 210 g/mol. The summed E-state index contributed by atoms with van der Waals surface area (Å²) < 4.78 is 1.21. The predicted molar refractivity (Wildman–Crippen MR) is 54.8 cm³/mol. The van der Waals surface area contributed by atoms with Crippen molar-refractivity contribution in [3.63, 3.8) is 0 Å². The van der Waals surface area contributed by atoms with Crippen molar-refractivity contribution in [2.75, 3.05) is 0 Å². The summed E-state index contributed by atoms with van der Waals surface area (Å²) >= 11 is 0. The molecule has 0 radical (unpaired) electrons. The number of aliphatic hydroxyl groups is 1. The molecule has 0 bridgehead atoms. The number of nitrogens with one attached hydrogen (secondary N) is 1. The first-order valence-electron chi connectivity index (χ1n) is 5.17.